The molecule has 0 saturated carbocycles. The van der Waals surface area contributed by atoms with Crippen molar-refractivity contribution >= 4 is 61.8 Å². The van der Waals surface area contributed by atoms with Crippen LogP contribution in [0.4, 0.5) is 0 Å². The van der Waals surface area contributed by atoms with Gasteiger partial charge in [0.2, 0.25) is 17.7 Å². The van der Waals surface area contributed by atoms with E-state index in [9.17, 15) is 22.8 Å². The highest BCUT2D eigenvalue weighted by atomic mass is 35.5. The molecule has 14 nitrogen and oxygen atoms in total. The van der Waals surface area contributed by atoms with E-state index in [1.807, 2.05) is 42.6 Å². The number of aromatic nitrogens is 3. The van der Waals surface area contributed by atoms with Crippen LogP contribution in [0.5, 0.6) is 0 Å². The number of para-hydroxylation sites is 1. The molecule has 3 amide bonds. The summed E-state index contributed by atoms with van der Waals surface area (Å²) >= 11 is 8.35. The van der Waals surface area contributed by atoms with Gasteiger partial charge in [-0.05, 0) is 72.0 Å². The molecule has 6 rings (SSSR count). The number of sulfone groups is 1. The molecule has 0 spiro atoms. The SMILES string of the molecule is CN1C(=O)[C@H](CN)NC(=O)[C@H](CCCN)NCc2cccnc2Sc2c(Cl)cc(-c3cncc(S(C)(=O)=O)c3)cc2CNC(=O)[C@@H]1Cc1c[nH]c2ccccc12. The molecule has 1 aliphatic heterocycles. The Kier molecular flexibility index (Phi) is 13.1. The minimum absolute atomic E-state index is 0.0149. The number of carbonyl (C=O) groups is 3. The molecule has 0 radical (unpaired) electrons. The lowest BCUT2D eigenvalue weighted by atomic mass is 10.0. The number of halogens is 1. The van der Waals surface area contributed by atoms with Crippen molar-refractivity contribution in [3.05, 3.63) is 101 Å². The summed E-state index contributed by atoms with van der Waals surface area (Å²) in [4.78, 5) is 56.4. The molecule has 3 atom stereocenters. The Labute approximate surface area is 334 Å². The summed E-state index contributed by atoms with van der Waals surface area (Å²) < 4.78 is 24.8. The van der Waals surface area contributed by atoms with Crippen LogP contribution < -0.4 is 27.4 Å². The number of benzene rings is 2. The molecule has 0 saturated heterocycles. The smallest absolute Gasteiger partial charge is 0.246 e. The number of carbonyl (C=O) groups excluding carboxylic acids is 3. The Balaban J connectivity index is 1.46. The predicted molar refractivity (Wildman–Crippen MR) is 216 cm³/mol. The van der Waals surface area contributed by atoms with Crippen LogP contribution >= 0.6 is 23.4 Å². The molecule has 0 fully saturated rings. The molecule has 294 valence electrons. The van der Waals surface area contributed by atoms with Gasteiger partial charge in [-0.3, -0.25) is 19.4 Å². The number of H-pyrrole nitrogens is 1. The molecule has 0 bridgehead atoms. The number of rotatable bonds is 8. The molecule has 5 aromatic rings. The number of nitrogens with two attached hydrogens (primary N) is 2. The maximum atomic E-state index is 14.4. The van der Waals surface area contributed by atoms with Crippen LogP contribution in [0, 0.1) is 0 Å². The zero-order chi connectivity index (χ0) is 40.0. The zero-order valence-corrected chi connectivity index (χ0v) is 33.3. The monoisotopic (exact) mass is 817 g/mol. The number of nitrogens with zero attached hydrogens (tertiary/aromatic N) is 3. The standard InChI is InChI=1S/C39H44ClN9O5S2/c1-49-34(16-26-20-45-31-9-4-3-8-29(26)31)37(51)47-21-27-13-24(25-14-28(22-43-18-25)56(2,53)54)15-30(40)35(27)55-38-23(7-6-12-44-38)19-46-32(10-5-11-41)36(50)48-33(17-42)39(49)52/h3-4,6-9,12-15,18,20,22,32-34,45-46H,5,10-11,16-17,19,21,41-42H2,1-2H3,(H,47,51)(H,48,50)/t32-,33-,34-/m0/s1. The summed E-state index contributed by atoms with van der Waals surface area (Å²) in [5.74, 6) is -1.42. The number of aromatic amines is 1. The maximum absolute atomic E-state index is 14.4. The second-order valence-electron chi connectivity index (χ2n) is 13.6. The minimum Gasteiger partial charge on any atom is -0.361 e. The lowest BCUT2D eigenvalue weighted by Crippen LogP contribution is -2.59. The van der Waals surface area contributed by atoms with E-state index >= 15 is 0 Å². The van der Waals surface area contributed by atoms with Gasteiger partial charge < -0.3 is 37.3 Å². The predicted octanol–water partition coefficient (Wildman–Crippen LogP) is 3.17. The summed E-state index contributed by atoms with van der Waals surface area (Å²) in [7, 11) is -2.03. The highest BCUT2D eigenvalue weighted by molar-refractivity contribution is 7.99. The van der Waals surface area contributed by atoms with E-state index in [1.54, 1.807) is 24.5 Å². The lowest BCUT2D eigenvalue weighted by Gasteiger charge is -2.31. The fourth-order valence-electron chi connectivity index (χ4n) is 6.58. The van der Waals surface area contributed by atoms with Crippen LogP contribution in [0.2, 0.25) is 5.02 Å². The highest BCUT2D eigenvalue weighted by Gasteiger charge is 2.34. The Hall–Kier alpha value is -4.84. The molecular formula is C39H44ClN9O5S2. The normalized spacial score (nSPS) is 18.8. The van der Waals surface area contributed by atoms with Crippen molar-refractivity contribution in [2.75, 3.05) is 26.4 Å². The van der Waals surface area contributed by atoms with E-state index in [1.165, 1.54) is 36.0 Å². The lowest BCUT2D eigenvalue weighted by molar-refractivity contribution is -0.141. The average molecular weight is 818 g/mol. The molecule has 1 aliphatic rings. The second-order valence-corrected chi connectivity index (χ2v) is 17.0. The average Bonchev–Trinajstić information content (AvgIpc) is 3.60. The molecule has 0 unspecified atom stereocenters. The molecule has 0 aliphatic carbocycles. The van der Waals surface area contributed by atoms with E-state index < -0.39 is 45.7 Å². The van der Waals surface area contributed by atoms with Crippen LogP contribution in [0.15, 0.2) is 94.2 Å². The Morgan fingerprint density at radius 2 is 1.77 bits per heavy atom. The molecular weight excluding hydrogens is 774 g/mol. The van der Waals surface area contributed by atoms with E-state index in [0.29, 0.717) is 51.0 Å². The van der Waals surface area contributed by atoms with Crippen molar-refractivity contribution in [1.29, 1.82) is 0 Å². The summed E-state index contributed by atoms with van der Waals surface area (Å²) in [6, 6.07) is 13.5. The molecule has 4 heterocycles. The van der Waals surface area contributed by atoms with Gasteiger partial charge in [0.15, 0.2) is 9.84 Å². The molecule has 56 heavy (non-hydrogen) atoms. The van der Waals surface area contributed by atoms with E-state index in [0.717, 1.165) is 28.3 Å². The molecule has 17 heteroatoms. The highest BCUT2D eigenvalue weighted by Crippen LogP contribution is 2.40. The van der Waals surface area contributed by atoms with Crippen molar-refractivity contribution in [2.45, 2.75) is 65.3 Å². The van der Waals surface area contributed by atoms with E-state index in [-0.39, 0.29) is 31.0 Å². The van der Waals surface area contributed by atoms with Gasteiger partial charge in [-0.25, -0.2) is 13.4 Å². The van der Waals surface area contributed by atoms with Crippen molar-refractivity contribution in [1.82, 2.24) is 35.8 Å². The minimum atomic E-state index is -3.56. The Morgan fingerprint density at radius 3 is 2.54 bits per heavy atom. The molecule has 2 aromatic carbocycles. The van der Waals surface area contributed by atoms with Gasteiger partial charge >= 0.3 is 0 Å². The zero-order valence-electron chi connectivity index (χ0n) is 30.9. The first-order valence-corrected chi connectivity index (χ1v) is 21.1. The first-order valence-electron chi connectivity index (χ1n) is 18.0. The van der Waals surface area contributed by atoms with Crippen molar-refractivity contribution in [3.63, 3.8) is 0 Å². The van der Waals surface area contributed by atoms with Crippen molar-refractivity contribution in [2.24, 2.45) is 11.5 Å². The number of amides is 3. The third-order valence-corrected chi connectivity index (χ3v) is 12.4. The molecule has 3 aromatic heterocycles. The van der Waals surface area contributed by atoms with Crippen molar-refractivity contribution in [3.8, 4) is 11.1 Å². The Morgan fingerprint density at radius 1 is 0.964 bits per heavy atom. The number of likely N-dealkylation sites (N-methyl/N-ethyl adjacent to an activating group) is 1. The number of pyridine rings is 2. The first-order chi connectivity index (χ1) is 26.9. The number of nitrogens with one attached hydrogen (secondary N) is 4. The van der Waals surface area contributed by atoms with Gasteiger partial charge in [0.25, 0.3) is 0 Å². The van der Waals surface area contributed by atoms with Gasteiger partial charge in [0.05, 0.1) is 16.0 Å². The van der Waals surface area contributed by atoms with Crippen LogP contribution in [0.25, 0.3) is 22.0 Å². The van der Waals surface area contributed by atoms with Gasteiger partial charge in [-0.2, -0.15) is 0 Å². The summed E-state index contributed by atoms with van der Waals surface area (Å²) in [6.07, 6.45) is 8.49. The first kappa shape index (κ1) is 40.8. The maximum Gasteiger partial charge on any atom is 0.246 e. The van der Waals surface area contributed by atoms with Gasteiger partial charge in [0, 0.05) is 85.5 Å². The molecule has 8 N–H and O–H groups in total. The quantitative estimate of drug-likeness (QED) is 0.134. The summed E-state index contributed by atoms with van der Waals surface area (Å²) in [5.41, 5.74) is 16.1. The number of fused-ring (bicyclic) bond motifs is 3. The van der Waals surface area contributed by atoms with Crippen LogP contribution in [0.1, 0.15) is 29.5 Å². The van der Waals surface area contributed by atoms with E-state index in [2.05, 4.69) is 30.9 Å². The van der Waals surface area contributed by atoms with Gasteiger partial charge in [-0.1, -0.05) is 47.6 Å². The third-order valence-electron chi connectivity index (χ3n) is 9.71. The van der Waals surface area contributed by atoms with E-state index in [4.69, 9.17) is 23.1 Å². The second kappa shape index (κ2) is 18.0. The summed E-state index contributed by atoms with van der Waals surface area (Å²) in [6.45, 7) is 0.392. The van der Waals surface area contributed by atoms with Crippen LogP contribution in [-0.4, -0.2) is 90.5 Å². The third kappa shape index (κ3) is 9.40. The topological polar surface area (TPSA) is 218 Å². The van der Waals surface area contributed by atoms with Crippen LogP contribution in [0.3, 0.4) is 0 Å². The fraction of sp³-hybridized carbons (Fsp3) is 0.308. The van der Waals surface area contributed by atoms with Gasteiger partial charge in [0.1, 0.15) is 17.1 Å². The largest absolute Gasteiger partial charge is 0.361 e. The van der Waals surface area contributed by atoms with Crippen molar-refractivity contribution < 1.29 is 22.8 Å². The Bertz CT molecular complexity index is 2360. The number of hydrogen-bond acceptors (Lipinski definition) is 11. The van der Waals surface area contributed by atoms with Crippen LogP contribution in [-0.2, 0) is 43.7 Å². The fourth-order valence-corrected chi connectivity index (χ4v) is 8.52. The summed E-state index contributed by atoms with van der Waals surface area (Å²) in [5, 5.41) is 11.0. The van der Waals surface area contributed by atoms with Gasteiger partial charge in [-0.15, -0.1) is 0 Å². The number of hydrogen-bond donors (Lipinski definition) is 6.